The van der Waals surface area contributed by atoms with Crippen molar-refractivity contribution in [1.29, 1.82) is 0 Å². The Kier molecular flexibility index (Phi) is 6.47. The Balaban J connectivity index is 1.22. The predicted molar refractivity (Wildman–Crippen MR) is 202 cm³/mol. The van der Waals surface area contributed by atoms with Crippen LogP contribution >= 0.6 is 0 Å². The molecule has 0 saturated carbocycles. The Morgan fingerprint density at radius 2 is 0.760 bits per heavy atom. The fraction of sp³-hybridized carbons (Fsp3) is 0.0426. The molecule has 0 aliphatic heterocycles. The highest BCUT2D eigenvalue weighted by Gasteiger charge is 2.51. The number of benzene rings is 7. The summed E-state index contributed by atoms with van der Waals surface area (Å²) in [5.74, 6) is 1.99. The molecule has 0 amide bonds. The molecule has 1 aromatic heterocycles. The van der Waals surface area contributed by atoms with E-state index in [4.69, 9.17) is 15.0 Å². The summed E-state index contributed by atoms with van der Waals surface area (Å²) >= 11 is 0. The second kappa shape index (κ2) is 11.3. The van der Waals surface area contributed by atoms with Gasteiger partial charge in [-0.3, -0.25) is 0 Å². The smallest absolute Gasteiger partial charge is 0.164 e. The maximum Gasteiger partial charge on any atom is 0.164 e. The van der Waals surface area contributed by atoms with Crippen molar-refractivity contribution in [2.45, 2.75) is 11.8 Å². The largest absolute Gasteiger partial charge is 0.208 e. The van der Waals surface area contributed by atoms with E-state index in [-0.39, 0.29) is 0 Å². The normalized spacial score (nSPS) is 15.0. The summed E-state index contributed by atoms with van der Waals surface area (Å²) in [4.78, 5) is 15.2. The van der Waals surface area contributed by atoms with Crippen molar-refractivity contribution in [2.24, 2.45) is 0 Å². The van der Waals surface area contributed by atoms with Crippen LogP contribution in [0.3, 0.4) is 0 Å². The Hall–Kier alpha value is -6.45. The standard InChI is InChI=1S/C47H31N3/c1-4-14-31(15-5-1)28-32-24-26-38-36-20-10-12-22-40(36)47(42(38)29-32)41-23-13-11-21-37(41)39-27-25-35(30-43(39)47)46-49-44(33-16-6-2-7-17-33)48-45(50-46)34-18-8-3-9-19-34/h1-27,29-30H,28H2. The molecule has 0 N–H and O–H groups in total. The van der Waals surface area contributed by atoms with E-state index in [0.29, 0.717) is 17.5 Å². The molecule has 0 saturated heterocycles. The van der Waals surface area contributed by atoms with Crippen molar-refractivity contribution >= 4 is 0 Å². The molecule has 3 heteroatoms. The molecule has 7 aromatic carbocycles. The van der Waals surface area contributed by atoms with Crippen LogP contribution in [0.5, 0.6) is 0 Å². The van der Waals surface area contributed by atoms with Gasteiger partial charge in [-0.05, 0) is 68.1 Å². The van der Waals surface area contributed by atoms with Gasteiger partial charge in [0, 0.05) is 16.7 Å². The van der Waals surface area contributed by atoms with Gasteiger partial charge < -0.3 is 0 Å². The summed E-state index contributed by atoms with van der Waals surface area (Å²) in [6.45, 7) is 0. The molecule has 1 atom stereocenters. The van der Waals surface area contributed by atoms with Gasteiger partial charge in [-0.15, -0.1) is 0 Å². The molecule has 3 nitrogen and oxygen atoms in total. The van der Waals surface area contributed by atoms with Gasteiger partial charge in [0.1, 0.15) is 0 Å². The van der Waals surface area contributed by atoms with Crippen molar-refractivity contribution in [3.63, 3.8) is 0 Å². The maximum atomic E-state index is 5.12. The van der Waals surface area contributed by atoms with Crippen molar-refractivity contribution < 1.29 is 0 Å². The van der Waals surface area contributed by atoms with Crippen LogP contribution in [-0.4, -0.2) is 15.0 Å². The van der Waals surface area contributed by atoms with E-state index in [1.165, 1.54) is 55.6 Å². The van der Waals surface area contributed by atoms with Crippen molar-refractivity contribution in [1.82, 2.24) is 15.0 Å². The van der Waals surface area contributed by atoms with Crippen LogP contribution < -0.4 is 0 Å². The van der Waals surface area contributed by atoms with Gasteiger partial charge in [-0.2, -0.15) is 0 Å². The first kappa shape index (κ1) is 28.6. The van der Waals surface area contributed by atoms with E-state index in [2.05, 4.69) is 140 Å². The van der Waals surface area contributed by atoms with Crippen molar-refractivity contribution in [3.05, 3.63) is 209 Å². The van der Waals surface area contributed by atoms with E-state index < -0.39 is 5.41 Å². The number of hydrogen-bond acceptors (Lipinski definition) is 3. The van der Waals surface area contributed by atoms with Crippen molar-refractivity contribution in [3.8, 4) is 56.4 Å². The minimum atomic E-state index is -0.474. The van der Waals surface area contributed by atoms with Gasteiger partial charge in [0.25, 0.3) is 0 Å². The Morgan fingerprint density at radius 1 is 0.320 bits per heavy atom. The average Bonchev–Trinajstić information content (AvgIpc) is 3.65. The summed E-state index contributed by atoms with van der Waals surface area (Å²) in [5.41, 5.74) is 15.4. The van der Waals surface area contributed by atoms with Crippen LogP contribution in [-0.2, 0) is 11.8 Å². The molecule has 2 aliphatic carbocycles. The number of fused-ring (bicyclic) bond motifs is 10. The zero-order valence-corrected chi connectivity index (χ0v) is 27.3. The number of aromatic nitrogens is 3. The molecule has 10 rings (SSSR count). The summed E-state index contributed by atoms with van der Waals surface area (Å²) in [6.07, 6.45) is 0.879. The van der Waals surface area contributed by atoms with Gasteiger partial charge in [-0.25, -0.2) is 15.0 Å². The second-order valence-corrected chi connectivity index (χ2v) is 13.2. The monoisotopic (exact) mass is 637 g/mol. The minimum absolute atomic E-state index is 0.474. The minimum Gasteiger partial charge on any atom is -0.208 e. The van der Waals surface area contributed by atoms with E-state index in [9.17, 15) is 0 Å². The van der Waals surface area contributed by atoms with Crippen LogP contribution in [0.15, 0.2) is 176 Å². The zero-order valence-electron chi connectivity index (χ0n) is 27.3. The quantitative estimate of drug-likeness (QED) is 0.188. The molecule has 2 aliphatic rings. The van der Waals surface area contributed by atoms with Gasteiger partial charge in [0.2, 0.25) is 0 Å². The molecule has 234 valence electrons. The summed E-state index contributed by atoms with van der Waals surface area (Å²) in [5, 5.41) is 0. The average molecular weight is 638 g/mol. The number of hydrogen-bond donors (Lipinski definition) is 0. The lowest BCUT2D eigenvalue weighted by molar-refractivity contribution is 0.792. The van der Waals surface area contributed by atoms with E-state index in [1.807, 2.05) is 36.4 Å². The topological polar surface area (TPSA) is 38.7 Å². The van der Waals surface area contributed by atoms with Crippen LogP contribution in [0.4, 0.5) is 0 Å². The number of nitrogens with zero attached hydrogens (tertiary/aromatic N) is 3. The molecule has 1 spiro atoms. The second-order valence-electron chi connectivity index (χ2n) is 13.2. The Morgan fingerprint density at radius 3 is 1.34 bits per heavy atom. The molecule has 1 unspecified atom stereocenters. The molecule has 8 aromatic rings. The first-order valence-electron chi connectivity index (χ1n) is 17.2. The third kappa shape index (κ3) is 4.33. The zero-order chi connectivity index (χ0) is 33.1. The van der Waals surface area contributed by atoms with Gasteiger partial charge in [-0.1, -0.05) is 170 Å². The Bertz CT molecular complexity index is 2490. The molecule has 50 heavy (non-hydrogen) atoms. The molecular formula is C47H31N3. The number of rotatable bonds is 5. The lowest BCUT2D eigenvalue weighted by Crippen LogP contribution is -2.26. The molecule has 0 fully saturated rings. The lowest BCUT2D eigenvalue weighted by atomic mass is 9.70. The fourth-order valence-corrected chi connectivity index (χ4v) is 8.20. The highest BCUT2D eigenvalue weighted by Crippen LogP contribution is 2.63. The lowest BCUT2D eigenvalue weighted by Gasteiger charge is -2.31. The summed E-state index contributed by atoms with van der Waals surface area (Å²) in [7, 11) is 0. The SMILES string of the molecule is c1ccc(Cc2ccc3c(c2)C2(c4ccccc4-3)c3ccccc3-c3ccc(-c4nc(-c5ccccc5)nc(-c5ccccc5)n4)cc32)cc1. The van der Waals surface area contributed by atoms with Gasteiger partial charge in [0.15, 0.2) is 17.5 Å². The van der Waals surface area contributed by atoms with Gasteiger partial charge in [0.05, 0.1) is 5.41 Å². The maximum absolute atomic E-state index is 5.12. The molecule has 0 bridgehead atoms. The van der Waals surface area contributed by atoms with Crippen molar-refractivity contribution in [2.75, 3.05) is 0 Å². The fourth-order valence-electron chi connectivity index (χ4n) is 8.20. The molecular weight excluding hydrogens is 607 g/mol. The molecule has 1 heterocycles. The third-order valence-corrected chi connectivity index (χ3v) is 10.4. The molecule has 0 radical (unpaired) electrons. The Labute approximate surface area is 291 Å². The third-order valence-electron chi connectivity index (χ3n) is 10.4. The summed E-state index contributed by atoms with van der Waals surface area (Å²) < 4.78 is 0. The van der Waals surface area contributed by atoms with E-state index in [1.54, 1.807) is 0 Å². The van der Waals surface area contributed by atoms with Crippen LogP contribution in [0, 0.1) is 0 Å². The first-order chi connectivity index (χ1) is 24.8. The van der Waals surface area contributed by atoms with Gasteiger partial charge >= 0.3 is 0 Å². The highest BCUT2D eigenvalue weighted by molar-refractivity contribution is 5.96. The highest BCUT2D eigenvalue weighted by atomic mass is 15.0. The van der Waals surface area contributed by atoms with E-state index in [0.717, 1.165) is 23.1 Å². The summed E-state index contributed by atoms with van der Waals surface area (Å²) in [6, 6.07) is 63.0. The van der Waals surface area contributed by atoms with Crippen LogP contribution in [0.1, 0.15) is 33.4 Å². The first-order valence-corrected chi connectivity index (χ1v) is 17.2. The van der Waals surface area contributed by atoms with E-state index >= 15 is 0 Å². The van der Waals surface area contributed by atoms with Crippen LogP contribution in [0.25, 0.3) is 56.4 Å². The predicted octanol–water partition coefficient (Wildman–Crippen LogP) is 10.8. The van der Waals surface area contributed by atoms with Crippen LogP contribution in [0.2, 0.25) is 0 Å².